The Morgan fingerprint density at radius 1 is 1.67 bits per heavy atom. The van der Waals surface area contributed by atoms with Gasteiger partial charge >= 0.3 is 0 Å². The maximum absolute atomic E-state index is 5.75. The summed E-state index contributed by atoms with van der Waals surface area (Å²) in [5, 5.41) is 3.01. The summed E-state index contributed by atoms with van der Waals surface area (Å²) in [5.74, 6) is 0. The van der Waals surface area contributed by atoms with Crippen LogP contribution in [0.5, 0.6) is 0 Å². The van der Waals surface area contributed by atoms with Gasteiger partial charge in [-0.25, -0.2) is 4.98 Å². The molecule has 86 valence electrons. The molecule has 2 N–H and O–H groups in total. The van der Waals surface area contributed by atoms with E-state index in [-0.39, 0.29) is 6.04 Å². The summed E-state index contributed by atoms with van der Waals surface area (Å²) in [7, 11) is 2.02. The van der Waals surface area contributed by atoms with Gasteiger partial charge in [0.15, 0.2) is 5.13 Å². The topological polar surface area (TPSA) is 51.4 Å². The molecule has 0 saturated carbocycles. The number of hydrogen-bond acceptors (Lipinski definition) is 5. The highest BCUT2D eigenvalue weighted by molar-refractivity contribution is 7.13. The fourth-order valence-electron chi connectivity index (χ4n) is 1.10. The molecular weight excluding hydrogens is 210 g/mol. The van der Waals surface area contributed by atoms with E-state index >= 15 is 0 Å². The summed E-state index contributed by atoms with van der Waals surface area (Å²) >= 11 is 1.62. The average Bonchev–Trinajstić information content (AvgIpc) is 2.66. The highest BCUT2D eigenvalue weighted by Gasteiger charge is 2.08. The van der Waals surface area contributed by atoms with Gasteiger partial charge in [-0.05, 0) is 13.8 Å². The van der Waals surface area contributed by atoms with E-state index in [4.69, 9.17) is 10.5 Å². The molecule has 1 aromatic heterocycles. The number of nitrogens with zero attached hydrogens (tertiary/aromatic N) is 2. The van der Waals surface area contributed by atoms with E-state index in [1.807, 2.05) is 26.3 Å². The molecule has 0 aromatic carbocycles. The molecule has 0 saturated heterocycles. The van der Waals surface area contributed by atoms with Gasteiger partial charge in [0.25, 0.3) is 0 Å². The van der Waals surface area contributed by atoms with Crippen molar-refractivity contribution in [3.63, 3.8) is 0 Å². The Morgan fingerprint density at radius 2 is 2.40 bits per heavy atom. The molecule has 0 aliphatic heterocycles. The van der Waals surface area contributed by atoms with E-state index in [2.05, 4.69) is 9.88 Å². The number of aromatic nitrogens is 1. The van der Waals surface area contributed by atoms with Crippen LogP contribution in [0.4, 0.5) is 5.13 Å². The fraction of sp³-hybridized carbons (Fsp3) is 0.700. The van der Waals surface area contributed by atoms with Crippen molar-refractivity contribution in [1.29, 1.82) is 0 Å². The van der Waals surface area contributed by atoms with Crippen molar-refractivity contribution < 1.29 is 4.74 Å². The third-order valence-electron chi connectivity index (χ3n) is 2.08. The zero-order chi connectivity index (χ0) is 11.3. The first-order valence-electron chi connectivity index (χ1n) is 5.15. The van der Waals surface area contributed by atoms with E-state index in [1.54, 1.807) is 11.3 Å². The third kappa shape index (κ3) is 3.77. The van der Waals surface area contributed by atoms with Gasteiger partial charge in [-0.3, -0.25) is 0 Å². The molecule has 0 aliphatic rings. The maximum atomic E-state index is 5.75. The highest BCUT2D eigenvalue weighted by atomic mass is 32.1. The van der Waals surface area contributed by atoms with Crippen molar-refractivity contribution in [2.24, 2.45) is 5.73 Å². The highest BCUT2D eigenvalue weighted by Crippen LogP contribution is 2.21. The lowest BCUT2D eigenvalue weighted by Crippen LogP contribution is -2.22. The third-order valence-corrected chi connectivity index (χ3v) is 3.05. The molecule has 0 radical (unpaired) electrons. The second kappa shape index (κ2) is 6.05. The van der Waals surface area contributed by atoms with Crippen LogP contribution in [-0.2, 0) is 4.74 Å². The number of nitrogens with two attached hydrogens (primary N) is 1. The van der Waals surface area contributed by atoms with Gasteiger partial charge in [0.05, 0.1) is 12.3 Å². The van der Waals surface area contributed by atoms with Crippen LogP contribution in [0.25, 0.3) is 0 Å². The number of ether oxygens (including phenoxy) is 1. The Morgan fingerprint density at radius 3 is 2.93 bits per heavy atom. The lowest BCUT2D eigenvalue weighted by Gasteiger charge is -2.15. The molecular formula is C10H19N3OS. The van der Waals surface area contributed by atoms with Gasteiger partial charge < -0.3 is 15.4 Å². The lowest BCUT2D eigenvalue weighted by atomic mass is 10.3. The van der Waals surface area contributed by atoms with Gasteiger partial charge in [-0.1, -0.05) is 0 Å². The average molecular weight is 229 g/mol. The SMILES string of the molecule is CCOCCN(C)c1nc(C(C)N)cs1. The first-order valence-corrected chi connectivity index (χ1v) is 6.03. The van der Waals surface area contributed by atoms with Crippen molar-refractivity contribution in [2.75, 3.05) is 31.7 Å². The predicted octanol–water partition coefficient (Wildman–Crippen LogP) is 1.64. The number of anilines is 1. The van der Waals surface area contributed by atoms with Gasteiger partial charge in [0.2, 0.25) is 0 Å². The Kier molecular flexibility index (Phi) is 5.01. The van der Waals surface area contributed by atoms with E-state index < -0.39 is 0 Å². The molecule has 1 atom stereocenters. The largest absolute Gasteiger partial charge is 0.380 e. The molecule has 0 fully saturated rings. The first kappa shape index (κ1) is 12.4. The monoisotopic (exact) mass is 229 g/mol. The number of rotatable bonds is 6. The van der Waals surface area contributed by atoms with Crippen LogP contribution in [-0.4, -0.2) is 31.8 Å². The molecule has 0 aliphatic carbocycles. The molecule has 1 aromatic rings. The van der Waals surface area contributed by atoms with Crippen molar-refractivity contribution in [2.45, 2.75) is 19.9 Å². The molecule has 1 heterocycles. The zero-order valence-corrected chi connectivity index (χ0v) is 10.4. The summed E-state index contributed by atoms with van der Waals surface area (Å²) in [4.78, 5) is 6.54. The van der Waals surface area contributed by atoms with Crippen LogP contribution in [0.2, 0.25) is 0 Å². The maximum Gasteiger partial charge on any atom is 0.185 e. The zero-order valence-electron chi connectivity index (χ0n) is 9.56. The van der Waals surface area contributed by atoms with Crippen LogP contribution >= 0.6 is 11.3 Å². The van der Waals surface area contributed by atoms with E-state index in [1.165, 1.54) is 0 Å². The van der Waals surface area contributed by atoms with Crippen LogP contribution in [0.3, 0.4) is 0 Å². The fourth-order valence-corrected chi connectivity index (χ4v) is 2.03. The van der Waals surface area contributed by atoms with Gasteiger partial charge in [-0.2, -0.15) is 0 Å². The Balaban J connectivity index is 2.47. The molecule has 0 amide bonds. The molecule has 4 nitrogen and oxygen atoms in total. The lowest BCUT2D eigenvalue weighted by molar-refractivity contribution is 0.154. The molecule has 1 unspecified atom stereocenters. The summed E-state index contributed by atoms with van der Waals surface area (Å²) in [6, 6.07) is 0.00953. The van der Waals surface area contributed by atoms with E-state index in [9.17, 15) is 0 Å². The normalized spacial score (nSPS) is 12.8. The quantitative estimate of drug-likeness (QED) is 0.753. The molecule has 0 spiro atoms. The smallest absolute Gasteiger partial charge is 0.185 e. The second-order valence-electron chi connectivity index (χ2n) is 3.46. The van der Waals surface area contributed by atoms with Crippen molar-refractivity contribution in [3.05, 3.63) is 11.1 Å². The molecule has 15 heavy (non-hydrogen) atoms. The van der Waals surface area contributed by atoms with Gasteiger partial charge in [-0.15, -0.1) is 11.3 Å². The van der Waals surface area contributed by atoms with Crippen LogP contribution in [0.15, 0.2) is 5.38 Å². The minimum absolute atomic E-state index is 0.00953. The summed E-state index contributed by atoms with van der Waals surface area (Å²) in [5.41, 5.74) is 6.71. The molecule has 0 bridgehead atoms. The number of likely N-dealkylation sites (N-methyl/N-ethyl adjacent to an activating group) is 1. The van der Waals surface area contributed by atoms with Crippen molar-refractivity contribution in [3.8, 4) is 0 Å². The standard InChI is InChI=1S/C10H19N3OS/c1-4-14-6-5-13(3)10-12-9(7-15-10)8(2)11/h7-8H,4-6,11H2,1-3H3. The number of hydrogen-bond donors (Lipinski definition) is 1. The van der Waals surface area contributed by atoms with Crippen molar-refractivity contribution >= 4 is 16.5 Å². The van der Waals surface area contributed by atoms with Gasteiger partial charge in [0.1, 0.15) is 0 Å². The minimum atomic E-state index is 0.00953. The van der Waals surface area contributed by atoms with Crippen LogP contribution in [0, 0.1) is 0 Å². The van der Waals surface area contributed by atoms with Crippen LogP contribution in [0.1, 0.15) is 25.6 Å². The number of thiazole rings is 1. The Hall–Kier alpha value is -0.650. The minimum Gasteiger partial charge on any atom is -0.380 e. The Bertz CT molecular complexity index is 288. The predicted molar refractivity (Wildman–Crippen MR) is 64.5 cm³/mol. The van der Waals surface area contributed by atoms with Crippen molar-refractivity contribution in [1.82, 2.24) is 4.98 Å². The summed E-state index contributed by atoms with van der Waals surface area (Å²) in [6.07, 6.45) is 0. The molecule has 5 heteroatoms. The summed E-state index contributed by atoms with van der Waals surface area (Å²) in [6.45, 7) is 6.30. The van der Waals surface area contributed by atoms with Crippen LogP contribution < -0.4 is 10.6 Å². The van der Waals surface area contributed by atoms with E-state index in [0.717, 1.165) is 30.6 Å². The molecule has 1 rings (SSSR count). The van der Waals surface area contributed by atoms with Gasteiger partial charge in [0, 0.05) is 31.6 Å². The second-order valence-corrected chi connectivity index (χ2v) is 4.30. The first-order chi connectivity index (χ1) is 7.15. The Labute approximate surface area is 95.1 Å². The van der Waals surface area contributed by atoms with E-state index in [0.29, 0.717) is 0 Å². The summed E-state index contributed by atoms with van der Waals surface area (Å²) < 4.78 is 5.29.